The van der Waals surface area contributed by atoms with Crippen LogP contribution in [0.2, 0.25) is 0 Å². The van der Waals surface area contributed by atoms with Gasteiger partial charge in [0, 0.05) is 39.1 Å². The minimum absolute atomic E-state index is 0.238. The Morgan fingerprint density at radius 1 is 1.10 bits per heavy atom. The van der Waals surface area contributed by atoms with Gasteiger partial charge in [0.05, 0.1) is 26.4 Å². The minimum atomic E-state index is 0.238. The van der Waals surface area contributed by atoms with Crippen LogP contribution in [-0.2, 0) is 16.0 Å². The van der Waals surface area contributed by atoms with Crippen LogP contribution in [0.3, 0.4) is 0 Å². The third kappa shape index (κ3) is 5.86. The number of rotatable bonds is 7. The van der Waals surface area contributed by atoms with Crippen LogP contribution in [0.25, 0.3) is 0 Å². The number of methoxy groups -OCH3 is 2. The van der Waals surface area contributed by atoms with Crippen LogP contribution in [0.5, 0.6) is 11.5 Å². The highest BCUT2D eigenvalue weighted by Gasteiger charge is 2.28. The molecule has 0 N–H and O–H groups in total. The zero-order valence-corrected chi connectivity index (χ0v) is 18.4. The number of likely N-dealkylation sites (tertiary alicyclic amines) is 1. The van der Waals surface area contributed by atoms with E-state index in [9.17, 15) is 4.79 Å². The van der Waals surface area contributed by atoms with E-state index in [2.05, 4.69) is 18.7 Å². The molecule has 2 saturated heterocycles. The molecule has 29 heavy (non-hydrogen) atoms. The molecule has 3 rings (SSSR count). The van der Waals surface area contributed by atoms with Gasteiger partial charge in [-0.05, 0) is 50.7 Å². The maximum absolute atomic E-state index is 12.7. The van der Waals surface area contributed by atoms with Crippen LogP contribution in [0, 0.1) is 5.92 Å². The van der Waals surface area contributed by atoms with Crippen molar-refractivity contribution in [2.24, 2.45) is 5.92 Å². The molecule has 0 aliphatic carbocycles. The Hall–Kier alpha value is -1.79. The number of benzene rings is 1. The highest BCUT2D eigenvalue weighted by Crippen LogP contribution is 2.31. The third-order valence-electron chi connectivity index (χ3n) is 6.07. The summed E-state index contributed by atoms with van der Waals surface area (Å²) in [5.41, 5.74) is 1.02. The summed E-state index contributed by atoms with van der Waals surface area (Å²) in [5.74, 6) is 2.36. The molecule has 0 aromatic heterocycles. The minimum Gasteiger partial charge on any atom is -0.493 e. The Morgan fingerprint density at radius 3 is 2.41 bits per heavy atom. The van der Waals surface area contributed by atoms with Crippen molar-refractivity contribution >= 4 is 5.91 Å². The lowest BCUT2D eigenvalue weighted by atomic mass is 9.95. The van der Waals surface area contributed by atoms with Crippen molar-refractivity contribution in [3.63, 3.8) is 0 Å². The van der Waals surface area contributed by atoms with E-state index in [4.69, 9.17) is 14.2 Å². The molecule has 6 heteroatoms. The highest BCUT2D eigenvalue weighted by molar-refractivity contribution is 5.76. The van der Waals surface area contributed by atoms with Gasteiger partial charge in [-0.1, -0.05) is 12.1 Å². The standard InChI is InChI=1S/C23H36N2O4/c1-17-14-24(15-18(2)29-17)16-19-10-12-25(13-11-19)22(26)9-8-20-6-5-7-21(27-3)23(20)28-4/h5-7,17-19H,8-16H2,1-4H3. The van der Waals surface area contributed by atoms with Gasteiger partial charge in [-0.15, -0.1) is 0 Å². The molecule has 2 aliphatic heterocycles. The summed E-state index contributed by atoms with van der Waals surface area (Å²) < 4.78 is 16.7. The van der Waals surface area contributed by atoms with Gasteiger partial charge in [-0.3, -0.25) is 9.69 Å². The largest absolute Gasteiger partial charge is 0.493 e. The number of amides is 1. The first-order chi connectivity index (χ1) is 14.0. The van der Waals surface area contributed by atoms with Crippen molar-refractivity contribution in [2.75, 3.05) is 46.9 Å². The molecule has 2 aliphatic rings. The van der Waals surface area contributed by atoms with Gasteiger partial charge in [-0.2, -0.15) is 0 Å². The zero-order valence-electron chi connectivity index (χ0n) is 18.4. The molecule has 162 valence electrons. The van der Waals surface area contributed by atoms with Gasteiger partial charge in [0.1, 0.15) is 0 Å². The van der Waals surface area contributed by atoms with Crippen LogP contribution in [-0.4, -0.2) is 74.9 Å². The lowest BCUT2D eigenvalue weighted by Gasteiger charge is -2.39. The molecule has 0 spiro atoms. The van der Waals surface area contributed by atoms with Gasteiger partial charge in [0.25, 0.3) is 0 Å². The predicted molar refractivity (Wildman–Crippen MR) is 114 cm³/mol. The summed E-state index contributed by atoms with van der Waals surface area (Å²) in [6.45, 7) is 9.21. The number of hydrogen-bond donors (Lipinski definition) is 0. The summed E-state index contributed by atoms with van der Waals surface area (Å²) in [6, 6.07) is 5.83. The summed E-state index contributed by atoms with van der Waals surface area (Å²) in [7, 11) is 3.28. The fraction of sp³-hybridized carbons (Fsp3) is 0.696. The van der Waals surface area contributed by atoms with Crippen LogP contribution in [0.4, 0.5) is 0 Å². The fourth-order valence-corrected chi connectivity index (χ4v) is 4.71. The summed E-state index contributed by atoms with van der Waals surface area (Å²) in [5, 5.41) is 0. The Kier molecular flexibility index (Phi) is 7.78. The van der Waals surface area contributed by atoms with E-state index in [0.717, 1.165) is 56.9 Å². The van der Waals surface area contributed by atoms with E-state index in [0.29, 0.717) is 36.7 Å². The van der Waals surface area contributed by atoms with Crippen molar-refractivity contribution in [2.45, 2.75) is 51.7 Å². The van der Waals surface area contributed by atoms with Crippen LogP contribution >= 0.6 is 0 Å². The average molecular weight is 405 g/mol. The monoisotopic (exact) mass is 404 g/mol. The first kappa shape index (κ1) is 21.9. The molecule has 0 bridgehead atoms. The molecule has 1 aromatic carbocycles. The topological polar surface area (TPSA) is 51.2 Å². The number of carbonyl (C=O) groups excluding carboxylic acids is 1. The molecular weight excluding hydrogens is 368 g/mol. The summed E-state index contributed by atoms with van der Waals surface area (Å²) in [6.07, 6.45) is 3.99. The van der Waals surface area contributed by atoms with E-state index in [1.165, 1.54) is 0 Å². The molecule has 2 heterocycles. The number of aryl methyl sites for hydroxylation is 1. The van der Waals surface area contributed by atoms with E-state index in [1.807, 2.05) is 23.1 Å². The molecule has 0 saturated carbocycles. The van der Waals surface area contributed by atoms with Gasteiger partial charge >= 0.3 is 0 Å². The normalized spacial score (nSPS) is 23.8. The van der Waals surface area contributed by atoms with Gasteiger partial charge in [0.2, 0.25) is 5.91 Å². The van der Waals surface area contributed by atoms with Crippen LogP contribution in [0.1, 0.15) is 38.7 Å². The van der Waals surface area contributed by atoms with E-state index in [1.54, 1.807) is 14.2 Å². The maximum Gasteiger partial charge on any atom is 0.222 e. The number of carbonyl (C=O) groups is 1. The number of nitrogens with zero attached hydrogens (tertiary/aromatic N) is 2. The fourth-order valence-electron chi connectivity index (χ4n) is 4.71. The number of hydrogen-bond acceptors (Lipinski definition) is 5. The first-order valence-corrected chi connectivity index (χ1v) is 10.9. The zero-order chi connectivity index (χ0) is 20.8. The SMILES string of the molecule is COc1cccc(CCC(=O)N2CCC(CN3CC(C)OC(C)C3)CC2)c1OC. The van der Waals surface area contributed by atoms with Crippen molar-refractivity contribution < 1.29 is 19.0 Å². The first-order valence-electron chi connectivity index (χ1n) is 10.9. The number of ether oxygens (including phenoxy) is 3. The highest BCUT2D eigenvalue weighted by atomic mass is 16.5. The van der Waals surface area contributed by atoms with Crippen molar-refractivity contribution in [1.82, 2.24) is 9.80 Å². The van der Waals surface area contributed by atoms with E-state index < -0.39 is 0 Å². The number of morpholine rings is 1. The van der Waals surface area contributed by atoms with Crippen LogP contribution < -0.4 is 9.47 Å². The van der Waals surface area contributed by atoms with Gasteiger partial charge < -0.3 is 19.1 Å². The predicted octanol–water partition coefficient (Wildman–Crippen LogP) is 2.98. The quantitative estimate of drug-likeness (QED) is 0.699. The van der Waals surface area contributed by atoms with E-state index >= 15 is 0 Å². The molecular formula is C23H36N2O4. The molecule has 0 radical (unpaired) electrons. The summed E-state index contributed by atoms with van der Waals surface area (Å²) in [4.78, 5) is 17.3. The lowest BCUT2D eigenvalue weighted by molar-refractivity contribution is -0.132. The third-order valence-corrected chi connectivity index (χ3v) is 6.07. The molecule has 2 atom stereocenters. The average Bonchev–Trinajstić information content (AvgIpc) is 2.71. The second kappa shape index (κ2) is 10.3. The van der Waals surface area contributed by atoms with Crippen molar-refractivity contribution in [1.29, 1.82) is 0 Å². The molecule has 1 amide bonds. The number of para-hydroxylation sites is 1. The molecule has 2 unspecified atom stereocenters. The second-order valence-electron chi connectivity index (χ2n) is 8.45. The Balaban J connectivity index is 1.45. The lowest BCUT2D eigenvalue weighted by Crippen LogP contribution is -2.48. The van der Waals surface area contributed by atoms with Crippen molar-refractivity contribution in [3.8, 4) is 11.5 Å². The van der Waals surface area contributed by atoms with Crippen LogP contribution in [0.15, 0.2) is 18.2 Å². The van der Waals surface area contributed by atoms with Crippen molar-refractivity contribution in [3.05, 3.63) is 23.8 Å². The smallest absolute Gasteiger partial charge is 0.222 e. The molecule has 6 nitrogen and oxygen atoms in total. The summed E-state index contributed by atoms with van der Waals surface area (Å²) >= 11 is 0. The van der Waals surface area contributed by atoms with Gasteiger partial charge in [0.15, 0.2) is 11.5 Å². The Bertz CT molecular complexity index is 663. The Labute approximate surface area is 175 Å². The number of piperidine rings is 1. The molecule has 2 fully saturated rings. The Morgan fingerprint density at radius 2 is 1.79 bits per heavy atom. The van der Waals surface area contributed by atoms with E-state index in [-0.39, 0.29) is 5.91 Å². The second-order valence-corrected chi connectivity index (χ2v) is 8.45. The molecule has 1 aromatic rings. The van der Waals surface area contributed by atoms with Gasteiger partial charge in [-0.25, -0.2) is 0 Å². The maximum atomic E-state index is 12.7.